The molecule has 11 aromatic rings. The summed E-state index contributed by atoms with van der Waals surface area (Å²) in [5.41, 5.74) is 9.38. The maximum absolute atomic E-state index is 6.50. The van der Waals surface area contributed by atoms with Crippen LogP contribution in [0.25, 0.3) is 106 Å². The van der Waals surface area contributed by atoms with E-state index in [1.807, 2.05) is 42.5 Å². The van der Waals surface area contributed by atoms with Crippen molar-refractivity contribution in [3.05, 3.63) is 176 Å². The van der Waals surface area contributed by atoms with Gasteiger partial charge in [-0.15, -0.1) is 0 Å². The smallest absolute Gasteiger partial charge is 0.227 e. The Balaban J connectivity index is 1.16. The van der Waals surface area contributed by atoms with E-state index in [9.17, 15) is 0 Å². The molecule has 4 aromatic heterocycles. The lowest BCUT2D eigenvalue weighted by Gasteiger charge is -2.13. The molecule has 0 fully saturated rings. The predicted molar refractivity (Wildman–Crippen MR) is 218 cm³/mol. The Morgan fingerprint density at radius 2 is 1.02 bits per heavy atom. The standard InChI is InChI=1S/C48H29N5O/c1-2-13-32(14-3-1)45-50-46(33-25-23-31(24-26-33)36-19-10-15-30-12-4-5-16-35(30)36)52-47(51-45)40-28-34(29-43-44(40)39-20-11-27-49-48(39)54-43)53-41-21-8-6-17-37(41)38-18-7-9-22-42(38)53/h1-29H. The summed E-state index contributed by atoms with van der Waals surface area (Å²) in [7, 11) is 0. The second kappa shape index (κ2) is 12.1. The maximum atomic E-state index is 6.50. The van der Waals surface area contributed by atoms with Crippen molar-refractivity contribution in [2.45, 2.75) is 0 Å². The summed E-state index contributed by atoms with van der Waals surface area (Å²) in [5, 5.41) is 6.60. The SMILES string of the molecule is c1ccc(-c2nc(-c3ccc(-c4cccc5ccccc45)cc3)nc(-c3cc(-n4c5ccccc5c5ccccc54)cc4oc5ncccc5c34)n2)cc1. The van der Waals surface area contributed by atoms with E-state index >= 15 is 0 Å². The van der Waals surface area contributed by atoms with Crippen LogP contribution in [0.15, 0.2) is 180 Å². The minimum Gasteiger partial charge on any atom is -0.438 e. The molecule has 0 bridgehead atoms. The highest BCUT2D eigenvalue weighted by molar-refractivity contribution is 6.13. The van der Waals surface area contributed by atoms with Gasteiger partial charge in [0, 0.05) is 50.5 Å². The summed E-state index contributed by atoms with van der Waals surface area (Å²) in [4.78, 5) is 20.1. The van der Waals surface area contributed by atoms with Crippen LogP contribution in [-0.4, -0.2) is 24.5 Å². The van der Waals surface area contributed by atoms with Crippen LogP contribution in [-0.2, 0) is 0 Å². The van der Waals surface area contributed by atoms with Gasteiger partial charge >= 0.3 is 0 Å². The lowest BCUT2D eigenvalue weighted by atomic mass is 9.97. The number of hydrogen-bond donors (Lipinski definition) is 0. The largest absolute Gasteiger partial charge is 0.438 e. The molecule has 0 amide bonds. The molecule has 0 atom stereocenters. The molecule has 0 unspecified atom stereocenters. The Morgan fingerprint density at radius 1 is 0.426 bits per heavy atom. The first-order valence-corrected chi connectivity index (χ1v) is 18.0. The van der Waals surface area contributed by atoms with E-state index in [1.54, 1.807) is 6.20 Å². The Morgan fingerprint density at radius 3 is 1.78 bits per heavy atom. The van der Waals surface area contributed by atoms with E-state index in [-0.39, 0.29) is 0 Å². The monoisotopic (exact) mass is 691 g/mol. The number of benzene rings is 7. The molecule has 0 radical (unpaired) electrons. The number of fused-ring (bicyclic) bond motifs is 7. The zero-order valence-corrected chi connectivity index (χ0v) is 28.9. The quantitative estimate of drug-likeness (QED) is 0.180. The molecule has 0 aliphatic carbocycles. The highest BCUT2D eigenvalue weighted by atomic mass is 16.3. The minimum atomic E-state index is 0.552. The van der Waals surface area contributed by atoms with Gasteiger partial charge in [0.15, 0.2) is 17.5 Å². The molecule has 0 aliphatic rings. The van der Waals surface area contributed by atoms with Crippen LogP contribution in [0.2, 0.25) is 0 Å². The topological polar surface area (TPSA) is 69.6 Å². The van der Waals surface area contributed by atoms with Gasteiger partial charge in [-0.2, -0.15) is 0 Å². The average Bonchev–Trinajstić information content (AvgIpc) is 3.79. The van der Waals surface area contributed by atoms with Crippen molar-refractivity contribution < 1.29 is 4.42 Å². The van der Waals surface area contributed by atoms with Gasteiger partial charge in [0.25, 0.3) is 0 Å². The van der Waals surface area contributed by atoms with E-state index < -0.39 is 0 Å². The van der Waals surface area contributed by atoms with Crippen LogP contribution in [0, 0.1) is 0 Å². The first-order valence-electron chi connectivity index (χ1n) is 18.0. The Labute approximate surface area is 309 Å². The fraction of sp³-hybridized carbons (Fsp3) is 0. The van der Waals surface area contributed by atoms with Crippen molar-refractivity contribution in [2.24, 2.45) is 0 Å². The van der Waals surface area contributed by atoms with Gasteiger partial charge in [0.05, 0.1) is 16.7 Å². The zero-order chi connectivity index (χ0) is 35.6. The third-order valence-corrected chi connectivity index (χ3v) is 10.3. The van der Waals surface area contributed by atoms with Crippen molar-refractivity contribution in [1.82, 2.24) is 24.5 Å². The number of para-hydroxylation sites is 2. The fourth-order valence-corrected chi connectivity index (χ4v) is 7.85. The average molecular weight is 692 g/mol. The van der Waals surface area contributed by atoms with Crippen LogP contribution >= 0.6 is 0 Å². The van der Waals surface area contributed by atoms with Gasteiger partial charge in [-0.05, 0) is 52.2 Å². The number of rotatable bonds is 5. The van der Waals surface area contributed by atoms with Crippen LogP contribution in [0.5, 0.6) is 0 Å². The molecular weight excluding hydrogens is 663 g/mol. The third-order valence-electron chi connectivity index (χ3n) is 10.3. The molecule has 54 heavy (non-hydrogen) atoms. The number of hydrogen-bond acceptors (Lipinski definition) is 5. The first kappa shape index (κ1) is 30.2. The molecule has 11 rings (SSSR count). The molecule has 0 saturated carbocycles. The predicted octanol–water partition coefficient (Wildman–Crippen LogP) is 12.1. The molecule has 0 N–H and O–H groups in total. The second-order valence-electron chi connectivity index (χ2n) is 13.5. The molecule has 6 heteroatoms. The number of pyridine rings is 1. The summed E-state index contributed by atoms with van der Waals surface area (Å²) in [5.74, 6) is 1.73. The van der Waals surface area contributed by atoms with E-state index in [4.69, 9.17) is 19.4 Å². The molecule has 0 aliphatic heterocycles. The van der Waals surface area contributed by atoms with Gasteiger partial charge in [-0.3, -0.25) is 0 Å². The first-order chi connectivity index (χ1) is 26.8. The van der Waals surface area contributed by atoms with Crippen molar-refractivity contribution >= 4 is 54.6 Å². The van der Waals surface area contributed by atoms with E-state index in [0.29, 0.717) is 28.8 Å². The highest BCUT2D eigenvalue weighted by Crippen LogP contribution is 2.40. The minimum absolute atomic E-state index is 0.552. The van der Waals surface area contributed by atoms with Crippen molar-refractivity contribution in [3.63, 3.8) is 0 Å². The molecule has 6 nitrogen and oxygen atoms in total. The van der Waals surface area contributed by atoms with E-state index in [0.717, 1.165) is 49.7 Å². The Bertz CT molecular complexity index is 3160. The van der Waals surface area contributed by atoms with E-state index in [1.165, 1.54) is 27.1 Å². The molecule has 0 saturated heterocycles. The number of furan rings is 1. The van der Waals surface area contributed by atoms with Gasteiger partial charge in [-0.25, -0.2) is 19.9 Å². The summed E-state index contributed by atoms with van der Waals surface area (Å²) < 4.78 is 8.79. The molecule has 4 heterocycles. The van der Waals surface area contributed by atoms with E-state index in [2.05, 4.69) is 137 Å². The zero-order valence-electron chi connectivity index (χ0n) is 28.9. The lowest BCUT2D eigenvalue weighted by Crippen LogP contribution is -2.01. The molecule has 0 spiro atoms. The summed E-state index contributed by atoms with van der Waals surface area (Å²) >= 11 is 0. The normalized spacial score (nSPS) is 11.7. The van der Waals surface area contributed by atoms with Crippen molar-refractivity contribution in [1.29, 1.82) is 0 Å². The fourth-order valence-electron chi connectivity index (χ4n) is 7.85. The van der Waals surface area contributed by atoms with Crippen LogP contribution in [0.4, 0.5) is 0 Å². The van der Waals surface area contributed by atoms with Crippen molar-refractivity contribution in [2.75, 3.05) is 0 Å². The summed E-state index contributed by atoms with van der Waals surface area (Å²) in [6.45, 7) is 0. The lowest BCUT2D eigenvalue weighted by molar-refractivity contribution is 0.654. The van der Waals surface area contributed by atoms with Gasteiger partial charge in [-0.1, -0.05) is 133 Å². The Hall–Kier alpha value is -7.44. The summed E-state index contributed by atoms with van der Waals surface area (Å²) in [6, 6.07) is 58.8. The van der Waals surface area contributed by atoms with Crippen LogP contribution in [0.3, 0.4) is 0 Å². The Kier molecular flexibility index (Phi) is 6.75. The third kappa shape index (κ3) is 4.81. The van der Waals surface area contributed by atoms with Crippen LogP contribution in [0.1, 0.15) is 0 Å². The molecule has 252 valence electrons. The van der Waals surface area contributed by atoms with Crippen LogP contribution < -0.4 is 0 Å². The van der Waals surface area contributed by atoms with Crippen molar-refractivity contribution in [3.8, 4) is 51.0 Å². The molecular formula is C48H29N5O. The van der Waals surface area contributed by atoms with Gasteiger partial charge in [0.2, 0.25) is 5.71 Å². The number of nitrogens with zero attached hydrogens (tertiary/aromatic N) is 5. The van der Waals surface area contributed by atoms with Gasteiger partial charge in [0.1, 0.15) is 5.58 Å². The molecule has 7 aromatic carbocycles. The highest BCUT2D eigenvalue weighted by Gasteiger charge is 2.22. The maximum Gasteiger partial charge on any atom is 0.227 e. The van der Waals surface area contributed by atoms with Gasteiger partial charge < -0.3 is 8.98 Å². The number of aromatic nitrogens is 5. The second-order valence-corrected chi connectivity index (χ2v) is 13.5. The summed E-state index contributed by atoms with van der Waals surface area (Å²) in [6.07, 6.45) is 1.76.